The average molecular weight is 237 g/mol. The Balaban J connectivity index is 2.38. The van der Waals surface area contributed by atoms with Gasteiger partial charge < -0.3 is 10.3 Å². The van der Waals surface area contributed by atoms with Crippen molar-refractivity contribution in [1.29, 1.82) is 0 Å². The first-order valence-corrected chi connectivity index (χ1v) is 5.22. The molecule has 2 N–H and O–H groups in total. The topological polar surface area (TPSA) is 43.8 Å². The fourth-order valence-electron chi connectivity index (χ4n) is 1.65. The maximum Gasteiger partial charge on any atom is 0.281 e. The molecule has 90 valence electrons. The van der Waals surface area contributed by atoms with E-state index in [1.807, 2.05) is 24.3 Å². The minimum atomic E-state index is -2.54. The number of hydrogen-bond donors (Lipinski definition) is 1. The van der Waals surface area contributed by atoms with Crippen LogP contribution in [0.4, 0.5) is 8.78 Å². The van der Waals surface area contributed by atoms with Crippen molar-refractivity contribution in [3.63, 3.8) is 0 Å². The summed E-state index contributed by atoms with van der Waals surface area (Å²) in [4.78, 5) is 3.92. The van der Waals surface area contributed by atoms with Gasteiger partial charge in [0.1, 0.15) is 11.5 Å². The number of alkyl halides is 2. The van der Waals surface area contributed by atoms with Crippen molar-refractivity contribution in [2.75, 3.05) is 0 Å². The lowest BCUT2D eigenvalue weighted by Crippen LogP contribution is -1.96. The van der Waals surface area contributed by atoms with Gasteiger partial charge in [-0.05, 0) is 5.56 Å². The monoisotopic (exact) mass is 237 g/mol. The third kappa shape index (κ3) is 2.34. The maximum atomic E-state index is 12.5. The summed E-state index contributed by atoms with van der Waals surface area (Å²) in [5, 5.41) is 0. The zero-order chi connectivity index (χ0) is 12.4. The van der Waals surface area contributed by atoms with E-state index in [0.717, 1.165) is 11.1 Å². The molecule has 2 rings (SSSR count). The first kappa shape index (κ1) is 11.7. The lowest BCUT2D eigenvalue weighted by Gasteiger charge is -2.02. The molecular weight excluding hydrogens is 224 g/mol. The minimum absolute atomic E-state index is 0.203. The summed E-state index contributed by atoms with van der Waals surface area (Å²) in [6.45, 7) is 0.461. The maximum absolute atomic E-state index is 12.5. The fourth-order valence-corrected chi connectivity index (χ4v) is 1.65. The predicted molar refractivity (Wildman–Crippen MR) is 61.5 cm³/mol. The Morgan fingerprint density at radius 1 is 1.29 bits per heavy atom. The largest absolute Gasteiger partial charge is 0.334 e. The Hall–Kier alpha value is -1.75. The van der Waals surface area contributed by atoms with Crippen LogP contribution in [0.5, 0.6) is 0 Å². The summed E-state index contributed by atoms with van der Waals surface area (Å²) >= 11 is 0. The molecule has 0 spiro atoms. The molecule has 5 heteroatoms. The second-order valence-corrected chi connectivity index (χ2v) is 3.80. The molecule has 0 fully saturated rings. The molecule has 2 aromatic rings. The molecule has 0 aliphatic heterocycles. The highest BCUT2D eigenvalue weighted by atomic mass is 19.3. The molecule has 17 heavy (non-hydrogen) atoms. The van der Waals surface area contributed by atoms with Crippen LogP contribution in [0.15, 0.2) is 30.5 Å². The zero-order valence-electron chi connectivity index (χ0n) is 9.40. The van der Waals surface area contributed by atoms with Crippen molar-refractivity contribution in [2.24, 2.45) is 12.8 Å². The van der Waals surface area contributed by atoms with Crippen molar-refractivity contribution in [3.05, 3.63) is 41.7 Å². The molecule has 0 aliphatic carbocycles. The number of nitrogens with two attached hydrogens (primary N) is 1. The first-order chi connectivity index (χ1) is 8.11. The van der Waals surface area contributed by atoms with E-state index < -0.39 is 6.43 Å². The number of rotatable bonds is 3. The van der Waals surface area contributed by atoms with Crippen molar-refractivity contribution < 1.29 is 8.78 Å². The van der Waals surface area contributed by atoms with Crippen molar-refractivity contribution in [1.82, 2.24) is 9.55 Å². The molecule has 0 atom stereocenters. The van der Waals surface area contributed by atoms with Crippen molar-refractivity contribution >= 4 is 0 Å². The first-order valence-electron chi connectivity index (χ1n) is 5.22. The molecule has 1 aromatic heterocycles. The highest BCUT2D eigenvalue weighted by Gasteiger charge is 2.14. The molecule has 1 heterocycles. The van der Waals surface area contributed by atoms with Gasteiger partial charge in [-0.3, -0.25) is 0 Å². The van der Waals surface area contributed by atoms with Gasteiger partial charge in [0.15, 0.2) is 0 Å². The molecule has 0 unspecified atom stereocenters. The van der Waals surface area contributed by atoms with Gasteiger partial charge >= 0.3 is 0 Å². The van der Waals surface area contributed by atoms with E-state index in [1.54, 1.807) is 11.6 Å². The van der Waals surface area contributed by atoms with E-state index in [4.69, 9.17) is 5.73 Å². The smallest absolute Gasteiger partial charge is 0.281 e. The van der Waals surface area contributed by atoms with Crippen LogP contribution in [-0.4, -0.2) is 9.55 Å². The zero-order valence-corrected chi connectivity index (χ0v) is 9.40. The Morgan fingerprint density at radius 2 is 1.94 bits per heavy atom. The normalized spacial score (nSPS) is 11.1. The Labute approximate surface area is 97.9 Å². The van der Waals surface area contributed by atoms with Crippen molar-refractivity contribution in [2.45, 2.75) is 13.0 Å². The standard InChI is InChI=1S/C12H13F2N3/c1-17-7-10(11(13)14)16-12(17)9-4-2-8(6-15)3-5-9/h2-5,7,11H,6,15H2,1H3. The van der Waals surface area contributed by atoms with Gasteiger partial charge in [0.25, 0.3) is 6.43 Å². The van der Waals surface area contributed by atoms with Crippen molar-refractivity contribution in [3.8, 4) is 11.4 Å². The number of hydrogen-bond acceptors (Lipinski definition) is 2. The van der Waals surface area contributed by atoms with E-state index in [2.05, 4.69) is 4.98 Å². The van der Waals surface area contributed by atoms with Crippen LogP contribution in [0.2, 0.25) is 0 Å². The molecule has 1 aromatic carbocycles. The summed E-state index contributed by atoms with van der Waals surface area (Å²) in [5.41, 5.74) is 7.09. The van der Waals surface area contributed by atoms with Crippen LogP contribution >= 0.6 is 0 Å². The lowest BCUT2D eigenvalue weighted by molar-refractivity contribution is 0.146. The van der Waals surface area contributed by atoms with Gasteiger partial charge in [0.05, 0.1) is 0 Å². The molecule has 0 amide bonds. The van der Waals surface area contributed by atoms with Crippen LogP contribution in [0.3, 0.4) is 0 Å². The van der Waals surface area contributed by atoms with Crippen LogP contribution in [0, 0.1) is 0 Å². The summed E-state index contributed by atoms with van der Waals surface area (Å²) in [6.07, 6.45) is -1.20. The molecule has 0 radical (unpaired) electrons. The van der Waals surface area contributed by atoms with Gasteiger partial charge in [-0.25, -0.2) is 13.8 Å². The van der Waals surface area contributed by atoms with E-state index in [1.165, 1.54) is 6.20 Å². The van der Waals surface area contributed by atoms with Gasteiger partial charge in [0, 0.05) is 25.4 Å². The Bertz CT molecular complexity index is 503. The minimum Gasteiger partial charge on any atom is -0.334 e. The Morgan fingerprint density at radius 3 is 2.41 bits per heavy atom. The quantitative estimate of drug-likeness (QED) is 0.891. The summed E-state index contributed by atoms with van der Waals surface area (Å²) < 4.78 is 26.6. The van der Waals surface area contributed by atoms with Crippen LogP contribution in [0.25, 0.3) is 11.4 Å². The molecule has 0 saturated heterocycles. The van der Waals surface area contributed by atoms with E-state index in [-0.39, 0.29) is 5.69 Å². The third-order valence-electron chi connectivity index (χ3n) is 2.57. The van der Waals surface area contributed by atoms with Crippen LogP contribution < -0.4 is 5.73 Å². The molecule has 0 saturated carbocycles. The van der Waals surface area contributed by atoms with E-state index >= 15 is 0 Å². The summed E-state index contributed by atoms with van der Waals surface area (Å²) in [6, 6.07) is 7.40. The number of aryl methyl sites for hydroxylation is 1. The van der Waals surface area contributed by atoms with Gasteiger partial charge in [-0.2, -0.15) is 0 Å². The predicted octanol–water partition coefficient (Wildman–Crippen LogP) is 2.48. The lowest BCUT2D eigenvalue weighted by atomic mass is 10.1. The second kappa shape index (κ2) is 4.63. The summed E-state index contributed by atoms with van der Waals surface area (Å²) in [7, 11) is 1.70. The highest BCUT2D eigenvalue weighted by molar-refractivity contribution is 5.56. The molecular formula is C12H13F2N3. The van der Waals surface area contributed by atoms with Gasteiger partial charge in [0.2, 0.25) is 0 Å². The van der Waals surface area contributed by atoms with Gasteiger partial charge in [-0.15, -0.1) is 0 Å². The van der Waals surface area contributed by atoms with E-state index in [0.29, 0.717) is 12.4 Å². The average Bonchev–Trinajstić information content (AvgIpc) is 2.72. The Kier molecular flexibility index (Phi) is 3.19. The highest BCUT2D eigenvalue weighted by Crippen LogP contribution is 2.23. The number of halogens is 2. The van der Waals surface area contributed by atoms with Gasteiger partial charge in [-0.1, -0.05) is 24.3 Å². The number of imidazole rings is 1. The van der Waals surface area contributed by atoms with Crippen LogP contribution in [-0.2, 0) is 13.6 Å². The number of nitrogens with zero attached hydrogens (tertiary/aromatic N) is 2. The number of benzene rings is 1. The summed E-state index contributed by atoms with van der Waals surface area (Å²) in [5.74, 6) is 0.531. The van der Waals surface area contributed by atoms with Crippen LogP contribution in [0.1, 0.15) is 17.7 Å². The SMILES string of the molecule is Cn1cc(C(F)F)nc1-c1ccc(CN)cc1. The molecule has 0 bridgehead atoms. The number of aromatic nitrogens is 2. The second-order valence-electron chi connectivity index (χ2n) is 3.80. The molecule has 3 nitrogen and oxygen atoms in total. The fraction of sp³-hybridized carbons (Fsp3) is 0.250. The molecule has 0 aliphatic rings. The third-order valence-corrected chi connectivity index (χ3v) is 2.57. The van der Waals surface area contributed by atoms with E-state index in [9.17, 15) is 8.78 Å².